The topological polar surface area (TPSA) is 98.3 Å². The van der Waals surface area contributed by atoms with Crippen LogP contribution < -0.4 is 5.56 Å². The number of aromatic hydroxyl groups is 1. The smallest absolute Gasteiger partial charge is 0.269 e. The number of hydrogen-bond donors (Lipinski definition) is 1. The Kier molecular flexibility index (Phi) is 4.62. The van der Waals surface area contributed by atoms with E-state index < -0.39 is 4.92 Å². The zero-order chi connectivity index (χ0) is 20.4. The second-order valence-electron chi connectivity index (χ2n) is 6.33. The Bertz CT molecular complexity index is 1310. The van der Waals surface area contributed by atoms with Crippen LogP contribution in [0, 0.1) is 10.1 Å². The van der Waals surface area contributed by atoms with Gasteiger partial charge in [0.15, 0.2) is 0 Å². The third-order valence-corrected chi connectivity index (χ3v) is 4.42. The lowest BCUT2D eigenvalue weighted by molar-refractivity contribution is -0.384. The molecular formula is C22H15N3O4. The molecule has 0 aliphatic heterocycles. The number of para-hydroxylation sites is 1. The van der Waals surface area contributed by atoms with E-state index in [4.69, 9.17) is 0 Å². The molecule has 0 bridgehead atoms. The quantitative estimate of drug-likeness (QED) is 0.420. The van der Waals surface area contributed by atoms with Gasteiger partial charge in [0.1, 0.15) is 11.6 Å². The number of non-ortho nitro benzene ring substituents is 1. The number of benzene rings is 3. The summed E-state index contributed by atoms with van der Waals surface area (Å²) < 4.78 is 1.42. The molecule has 7 heteroatoms. The lowest BCUT2D eigenvalue weighted by Crippen LogP contribution is -2.22. The summed E-state index contributed by atoms with van der Waals surface area (Å²) in [4.78, 5) is 28.1. The number of hydrogen-bond acceptors (Lipinski definition) is 5. The first kappa shape index (κ1) is 18.1. The zero-order valence-electron chi connectivity index (χ0n) is 15.1. The molecule has 0 atom stereocenters. The molecule has 1 heterocycles. The maximum Gasteiger partial charge on any atom is 0.269 e. The first-order valence-corrected chi connectivity index (χ1v) is 8.77. The van der Waals surface area contributed by atoms with Gasteiger partial charge in [0.25, 0.3) is 11.2 Å². The fraction of sp³-hybridized carbons (Fsp3) is 0. The number of nitro groups is 1. The molecule has 7 nitrogen and oxygen atoms in total. The minimum atomic E-state index is -0.460. The van der Waals surface area contributed by atoms with Crippen LogP contribution in [0.4, 0.5) is 5.69 Å². The van der Waals surface area contributed by atoms with Gasteiger partial charge in [-0.3, -0.25) is 19.5 Å². The molecule has 142 valence electrons. The summed E-state index contributed by atoms with van der Waals surface area (Å²) in [7, 11) is 0. The predicted octanol–water partition coefficient (Wildman–Crippen LogP) is 4.17. The first-order chi connectivity index (χ1) is 14.0. The summed E-state index contributed by atoms with van der Waals surface area (Å²) in [6.45, 7) is 0. The third kappa shape index (κ3) is 3.61. The van der Waals surface area contributed by atoms with Crippen molar-refractivity contribution in [2.75, 3.05) is 0 Å². The lowest BCUT2D eigenvalue weighted by atomic mass is 10.2. The first-order valence-electron chi connectivity index (χ1n) is 8.77. The van der Waals surface area contributed by atoms with Gasteiger partial charge in [-0.05, 0) is 48.0 Å². The van der Waals surface area contributed by atoms with Gasteiger partial charge in [-0.1, -0.05) is 24.3 Å². The van der Waals surface area contributed by atoms with E-state index in [1.54, 1.807) is 60.7 Å². The second-order valence-corrected chi connectivity index (χ2v) is 6.33. The summed E-state index contributed by atoms with van der Waals surface area (Å²) in [6.07, 6.45) is 3.39. The number of nitro benzene ring substituents is 1. The van der Waals surface area contributed by atoms with Crippen molar-refractivity contribution in [2.45, 2.75) is 0 Å². The lowest BCUT2D eigenvalue weighted by Gasteiger charge is -2.11. The number of rotatable bonds is 4. The Morgan fingerprint density at radius 1 is 0.966 bits per heavy atom. The van der Waals surface area contributed by atoms with E-state index in [0.717, 1.165) is 5.56 Å². The van der Waals surface area contributed by atoms with E-state index in [-0.39, 0.29) is 17.0 Å². The fourth-order valence-corrected chi connectivity index (χ4v) is 3.02. The minimum absolute atomic E-state index is 0.00245. The van der Waals surface area contributed by atoms with Gasteiger partial charge in [0, 0.05) is 18.2 Å². The molecule has 3 aromatic carbocycles. The third-order valence-electron chi connectivity index (χ3n) is 4.42. The number of nitrogens with zero attached hydrogens (tertiary/aromatic N) is 3. The van der Waals surface area contributed by atoms with Crippen molar-refractivity contribution in [1.29, 1.82) is 0 Å². The van der Waals surface area contributed by atoms with Gasteiger partial charge >= 0.3 is 0 Å². The molecule has 0 aliphatic rings. The number of aromatic nitrogens is 2. The van der Waals surface area contributed by atoms with Crippen molar-refractivity contribution >= 4 is 28.7 Å². The Morgan fingerprint density at radius 3 is 2.45 bits per heavy atom. The van der Waals surface area contributed by atoms with Crippen molar-refractivity contribution in [1.82, 2.24) is 9.55 Å². The van der Waals surface area contributed by atoms with Crippen LogP contribution in [0.2, 0.25) is 0 Å². The monoisotopic (exact) mass is 385 g/mol. The van der Waals surface area contributed by atoms with Crippen LogP contribution in [0.3, 0.4) is 0 Å². The number of phenols is 1. The largest absolute Gasteiger partial charge is 0.508 e. The van der Waals surface area contributed by atoms with Crippen molar-refractivity contribution in [2.24, 2.45) is 0 Å². The van der Waals surface area contributed by atoms with Crippen LogP contribution in [-0.4, -0.2) is 19.6 Å². The molecular weight excluding hydrogens is 370 g/mol. The van der Waals surface area contributed by atoms with Crippen LogP contribution in [-0.2, 0) is 0 Å². The zero-order valence-corrected chi connectivity index (χ0v) is 15.1. The van der Waals surface area contributed by atoms with E-state index in [1.807, 2.05) is 0 Å². The van der Waals surface area contributed by atoms with E-state index in [9.17, 15) is 20.0 Å². The normalized spacial score (nSPS) is 11.2. The highest BCUT2D eigenvalue weighted by Gasteiger charge is 2.11. The Morgan fingerprint density at radius 2 is 1.72 bits per heavy atom. The van der Waals surface area contributed by atoms with Crippen LogP contribution in [0.5, 0.6) is 5.75 Å². The summed E-state index contributed by atoms with van der Waals surface area (Å²) >= 11 is 0. The summed E-state index contributed by atoms with van der Waals surface area (Å²) in [5, 5.41) is 21.1. The molecule has 0 unspecified atom stereocenters. The van der Waals surface area contributed by atoms with Gasteiger partial charge in [0.05, 0.1) is 21.5 Å². The highest BCUT2D eigenvalue weighted by Crippen LogP contribution is 2.19. The van der Waals surface area contributed by atoms with Gasteiger partial charge in [0.2, 0.25) is 0 Å². The summed E-state index contributed by atoms with van der Waals surface area (Å²) in [5.41, 5.74) is 1.50. The SMILES string of the molecule is O=c1c2ccccc2nc(/C=C\c2ccc([N+](=O)[O-])cc2)n1-c1cccc(O)c1. The van der Waals surface area contributed by atoms with Crippen LogP contribution in [0.15, 0.2) is 77.6 Å². The molecule has 0 aliphatic carbocycles. The van der Waals surface area contributed by atoms with E-state index in [1.165, 1.54) is 28.8 Å². The van der Waals surface area contributed by atoms with Crippen molar-refractivity contribution in [3.63, 3.8) is 0 Å². The molecule has 0 fully saturated rings. The Hall–Kier alpha value is -4.26. The molecule has 1 aromatic heterocycles. The summed E-state index contributed by atoms with van der Waals surface area (Å²) in [6, 6.07) is 19.5. The number of phenolic OH excluding ortho intramolecular Hbond substituents is 1. The maximum absolute atomic E-state index is 13.1. The van der Waals surface area contributed by atoms with Crippen molar-refractivity contribution in [3.05, 3.63) is 105 Å². The van der Waals surface area contributed by atoms with Crippen molar-refractivity contribution < 1.29 is 10.0 Å². The molecule has 4 rings (SSSR count). The van der Waals surface area contributed by atoms with E-state index in [2.05, 4.69) is 4.98 Å². The van der Waals surface area contributed by atoms with Crippen LogP contribution >= 0.6 is 0 Å². The number of fused-ring (bicyclic) bond motifs is 1. The highest BCUT2D eigenvalue weighted by molar-refractivity contribution is 5.80. The van der Waals surface area contributed by atoms with Crippen molar-refractivity contribution in [3.8, 4) is 11.4 Å². The standard InChI is InChI=1S/C22H15N3O4/c26-18-5-3-4-17(14-18)24-21(23-20-7-2-1-6-19(20)22(24)27)13-10-15-8-11-16(12-9-15)25(28)29/h1-14,26H/b13-10-. The molecule has 0 spiro atoms. The Labute approximate surface area is 165 Å². The maximum atomic E-state index is 13.1. The molecule has 29 heavy (non-hydrogen) atoms. The molecule has 0 saturated carbocycles. The average Bonchev–Trinajstić information content (AvgIpc) is 2.72. The molecule has 0 amide bonds. The summed E-state index contributed by atoms with van der Waals surface area (Å²) in [5.74, 6) is 0.408. The second kappa shape index (κ2) is 7.40. The van der Waals surface area contributed by atoms with Gasteiger partial charge in [-0.25, -0.2) is 4.98 Å². The van der Waals surface area contributed by atoms with Gasteiger partial charge in [-0.2, -0.15) is 0 Å². The molecule has 4 aromatic rings. The minimum Gasteiger partial charge on any atom is -0.508 e. The van der Waals surface area contributed by atoms with E-state index in [0.29, 0.717) is 22.4 Å². The molecule has 1 N–H and O–H groups in total. The average molecular weight is 385 g/mol. The molecule has 0 radical (unpaired) electrons. The highest BCUT2D eigenvalue weighted by atomic mass is 16.6. The fourth-order valence-electron chi connectivity index (χ4n) is 3.02. The predicted molar refractivity (Wildman–Crippen MR) is 111 cm³/mol. The van der Waals surface area contributed by atoms with Gasteiger partial charge in [-0.15, -0.1) is 0 Å². The van der Waals surface area contributed by atoms with Gasteiger partial charge < -0.3 is 5.11 Å². The molecule has 0 saturated heterocycles. The van der Waals surface area contributed by atoms with Crippen LogP contribution in [0.1, 0.15) is 11.4 Å². The van der Waals surface area contributed by atoms with E-state index >= 15 is 0 Å². The Balaban J connectivity index is 1.87. The van der Waals surface area contributed by atoms with Crippen LogP contribution in [0.25, 0.3) is 28.7 Å².